The van der Waals surface area contributed by atoms with Gasteiger partial charge in [-0.05, 0) is 63.5 Å². The number of nitrogens with one attached hydrogen (secondary N) is 1. The Morgan fingerprint density at radius 3 is 2.36 bits per heavy atom. The van der Waals surface area contributed by atoms with Crippen LogP contribution in [0.2, 0.25) is 10.0 Å². The number of carbonyl (C=O) groups is 1. The number of benzene rings is 1. The van der Waals surface area contributed by atoms with Gasteiger partial charge in [0.25, 0.3) is 0 Å². The molecule has 0 unspecified atom stereocenters. The lowest BCUT2D eigenvalue weighted by atomic mass is 9.96. The van der Waals surface area contributed by atoms with E-state index in [1.807, 2.05) is 0 Å². The zero-order chi connectivity index (χ0) is 20.3. The average molecular weight is 448 g/mol. The summed E-state index contributed by atoms with van der Waals surface area (Å²) in [4.78, 5) is 14.8. The van der Waals surface area contributed by atoms with Crippen LogP contribution < -0.4 is 5.32 Å². The molecule has 0 aliphatic carbocycles. The van der Waals surface area contributed by atoms with Gasteiger partial charge in [-0.1, -0.05) is 29.3 Å². The maximum Gasteiger partial charge on any atom is 0.223 e. The van der Waals surface area contributed by atoms with Crippen LogP contribution in [-0.2, 0) is 20.6 Å². The largest absolute Gasteiger partial charge is 0.353 e. The Morgan fingerprint density at radius 1 is 1.11 bits per heavy atom. The summed E-state index contributed by atoms with van der Waals surface area (Å²) in [7, 11) is -1.40. The molecule has 2 aliphatic heterocycles. The molecule has 2 aliphatic rings. The van der Waals surface area contributed by atoms with Crippen molar-refractivity contribution in [2.45, 2.75) is 37.5 Å². The molecule has 6 nitrogen and oxygen atoms in total. The molecule has 0 atom stereocenters. The topological polar surface area (TPSA) is 69.7 Å². The molecule has 1 aromatic carbocycles. The number of rotatable bonds is 5. The first-order valence-electron chi connectivity index (χ1n) is 9.65. The van der Waals surface area contributed by atoms with Crippen LogP contribution >= 0.6 is 23.2 Å². The first kappa shape index (κ1) is 21.8. The molecule has 2 heterocycles. The van der Waals surface area contributed by atoms with Crippen LogP contribution in [0, 0.1) is 5.92 Å². The third kappa shape index (κ3) is 5.60. The highest BCUT2D eigenvalue weighted by molar-refractivity contribution is 7.88. The molecule has 9 heteroatoms. The van der Waals surface area contributed by atoms with Crippen molar-refractivity contribution in [1.29, 1.82) is 0 Å². The lowest BCUT2D eigenvalue weighted by Crippen LogP contribution is -2.48. The SMILES string of the molecule is CN1CCC(NC(=O)C2CCN(S(=O)(=O)Cc3ccc(Cl)cc3Cl)CC2)CC1. The standard InChI is InChI=1S/C19H27Cl2N3O3S/c1-23-8-6-17(7-9-23)22-19(25)14-4-10-24(11-5-14)28(26,27)13-15-2-3-16(20)12-18(15)21/h2-3,12,14,17H,4-11,13H2,1H3,(H,22,25). The van der Waals surface area contributed by atoms with Crippen LogP contribution in [0.25, 0.3) is 0 Å². The summed E-state index contributed by atoms with van der Waals surface area (Å²) >= 11 is 12.0. The Balaban J connectivity index is 1.51. The van der Waals surface area contributed by atoms with E-state index < -0.39 is 10.0 Å². The number of nitrogens with zero attached hydrogens (tertiary/aromatic N) is 2. The third-order valence-corrected chi connectivity index (χ3v) is 8.05. The number of hydrogen-bond donors (Lipinski definition) is 1. The van der Waals surface area contributed by atoms with Gasteiger partial charge in [0.05, 0.1) is 5.75 Å². The highest BCUT2D eigenvalue weighted by Crippen LogP contribution is 2.26. The molecule has 1 amide bonds. The highest BCUT2D eigenvalue weighted by Gasteiger charge is 2.32. The van der Waals surface area contributed by atoms with E-state index >= 15 is 0 Å². The maximum absolute atomic E-state index is 12.7. The summed E-state index contributed by atoms with van der Waals surface area (Å²) in [5, 5.41) is 3.98. The summed E-state index contributed by atoms with van der Waals surface area (Å²) in [6.45, 7) is 2.71. The van der Waals surface area contributed by atoms with E-state index in [1.54, 1.807) is 18.2 Å². The lowest BCUT2D eigenvalue weighted by Gasteiger charge is -2.33. The van der Waals surface area contributed by atoms with Crippen LogP contribution in [0.3, 0.4) is 0 Å². The molecule has 1 aromatic rings. The molecule has 0 aromatic heterocycles. The number of amides is 1. The first-order chi connectivity index (χ1) is 13.2. The Kier molecular flexibility index (Phi) is 7.26. The minimum absolute atomic E-state index is 0.0624. The Bertz CT molecular complexity index is 803. The number of hydrogen-bond acceptors (Lipinski definition) is 4. The fraction of sp³-hybridized carbons (Fsp3) is 0.632. The van der Waals surface area contributed by atoms with E-state index in [0.29, 0.717) is 41.5 Å². The molecule has 3 rings (SSSR count). The molecular weight excluding hydrogens is 421 g/mol. The van der Waals surface area contributed by atoms with E-state index in [0.717, 1.165) is 25.9 Å². The van der Waals surface area contributed by atoms with Gasteiger partial charge < -0.3 is 10.2 Å². The Labute approximate surface area is 177 Å². The van der Waals surface area contributed by atoms with E-state index in [4.69, 9.17) is 23.2 Å². The van der Waals surface area contributed by atoms with Gasteiger partial charge in [0, 0.05) is 35.1 Å². The minimum Gasteiger partial charge on any atom is -0.353 e. The van der Waals surface area contributed by atoms with Crippen molar-refractivity contribution in [3.05, 3.63) is 33.8 Å². The first-order valence-corrected chi connectivity index (χ1v) is 12.0. The summed E-state index contributed by atoms with van der Waals surface area (Å²) in [5.41, 5.74) is 0.535. The van der Waals surface area contributed by atoms with Crippen molar-refractivity contribution in [2.75, 3.05) is 33.2 Å². The third-order valence-electron chi connectivity index (χ3n) is 5.64. The smallest absolute Gasteiger partial charge is 0.223 e. The average Bonchev–Trinajstić information content (AvgIpc) is 2.66. The van der Waals surface area contributed by atoms with E-state index in [9.17, 15) is 13.2 Å². The fourth-order valence-electron chi connectivity index (χ4n) is 3.79. The van der Waals surface area contributed by atoms with Crippen LogP contribution in [0.1, 0.15) is 31.2 Å². The zero-order valence-corrected chi connectivity index (χ0v) is 18.4. The van der Waals surface area contributed by atoms with Gasteiger partial charge in [-0.2, -0.15) is 0 Å². The van der Waals surface area contributed by atoms with Gasteiger partial charge in [-0.25, -0.2) is 12.7 Å². The molecular formula is C19H27Cl2N3O3S. The second-order valence-corrected chi connectivity index (χ2v) is 10.6. The van der Waals surface area contributed by atoms with Crippen LogP contribution in [0.4, 0.5) is 0 Å². The van der Waals surface area contributed by atoms with Crippen LogP contribution in [0.15, 0.2) is 18.2 Å². The maximum atomic E-state index is 12.7. The molecule has 0 bridgehead atoms. The number of halogens is 2. The predicted molar refractivity (Wildman–Crippen MR) is 112 cm³/mol. The normalized spacial score (nSPS) is 21.0. The molecule has 1 N–H and O–H groups in total. The lowest BCUT2D eigenvalue weighted by molar-refractivity contribution is -0.127. The predicted octanol–water partition coefficient (Wildman–Crippen LogP) is 2.75. The Hall–Kier alpha value is -0.860. The second-order valence-electron chi connectivity index (χ2n) is 7.75. The second kappa shape index (κ2) is 9.30. The monoisotopic (exact) mass is 447 g/mol. The van der Waals surface area contributed by atoms with Gasteiger partial charge in [0.1, 0.15) is 0 Å². The number of likely N-dealkylation sites (tertiary alicyclic amines) is 1. The van der Waals surface area contributed by atoms with E-state index in [1.165, 1.54) is 4.31 Å². The summed E-state index contributed by atoms with van der Waals surface area (Å²) in [6, 6.07) is 5.06. The highest BCUT2D eigenvalue weighted by atomic mass is 35.5. The van der Waals surface area contributed by atoms with Gasteiger partial charge in [-0.3, -0.25) is 4.79 Å². The van der Waals surface area contributed by atoms with Gasteiger partial charge in [-0.15, -0.1) is 0 Å². The van der Waals surface area contributed by atoms with Gasteiger partial charge >= 0.3 is 0 Å². The molecule has 2 fully saturated rings. The number of piperidine rings is 2. The minimum atomic E-state index is -3.49. The van der Waals surface area contributed by atoms with Crippen molar-refractivity contribution in [3.63, 3.8) is 0 Å². The van der Waals surface area contributed by atoms with Crippen LogP contribution in [-0.4, -0.2) is 62.8 Å². The zero-order valence-electron chi connectivity index (χ0n) is 16.0. The van der Waals surface area contributed by atoms with E-state index in [-0.39, 0.29) is 23.6 Å². The van der Waals surface area contributed by atoms with Crippen molar-refractivity contribution in [3.8, 4) is 0 Å². The van der Waals surface area contributed by atoms with Crippen LogP contribution in [0.5, 0.6) is 0 Å². The number of carbonyl (C=O) groups excluding carboxylic acids is 1. The van der Waals surface area contributed by atoms with Crippen molar-refractivity contribution in [2.24, 2.45) is 5.92 Å². The number of sulfonamides is 1. The van der Waals surface area contributed by atoms with Gasteiger partial charge in [0.15, 0.2) is 0 Å². The van der Waals surface area contributed by atoms with Crippen molar-refractivity contribution in [1.82, 2.24) is 14.5 Å². The quantitative estimate of drug-likeness (QED) is 0.752. The molecule has 0 saturated carbocycles. The summed E-state index contributed by atoms with van der Waals surface area (Å²) in [6.07, 6.45) is 3.03. The van der Waals surface area contributed by atoms with E-state index in [2.05, 4.69) is 17.3 Å². The van der Waals surface area contributed by atoms with Crippen molar-refractivity contribution < 1.29 is 13.2 Å². The Morgan fingerprint density at radius 2 is 1.75 bits per heavy atom. The molecule has 28 heavy (non-hydrogen) atoms. The molecule has 0 radical (unpaired) electrons. The summed E-state index contributed by atoms with van der Waals surface area (Å²) in [5.74, 6) is -0.215. The molecule has 0 spiro atoms. The fourth-order valence-corrected chi connectivity index (χ4v) is 5.94. The molecule has 156 valence electrons. The summed E-state index contributed by atoms with van der Waals surface area (Å²) < 4.78 is 27.0. The molecule has 2 saturated heterocycles. The van der Waals surface area contributed by atoms with Gasteiger partial charge in [0.2, 0.25) is 15.9 Å². The van der Waals surface area contributed by atoms with Crippen molar-refractivity contribution >= 4 is 39.1 Å².